The van der Waals surface area contributed by atoms with Crippen LogP contribution in [0, 0.1) is 5.82 Å². The van der Waals surface area contributed by atoms with Crippen LogP contribution in [0.2, 0.25) is 0 Å². The smallest absolute Gasteiger partial charge is 0.234 e. The van der Waals surface area contributed by atoms with Crippen molar-refractivity contribution in [3.63, 3.8) is 0 Å². The predicted octanol–water partition coefficient (Wildman–Crippen LogP) is 1.10. The summed E-state index contributed by atoms with van der Waals surface area (Å²) in [5.41, 5.74) is 1.01. The number of benzene rings is 1. The summed E-state index contributed by atoms with van der Waals surface area (Å²) < 4.78 is 12.8. The van der Waals surface area contributed by atoms with Gasteiger partial charge in [0, 0.05) is 45.1 Å². The lowest BCUT2D eigenvalue weighted by atomic mass is 10.1. The van der Waals surface area contributed by atoms with Gasteiger partial charge in [0.15, 0.2) is 0 Å². The summed E-state index contributed by atoms with van der Waals surface area (Å²) in [5, 5.41) is 2.93. The minimum absolute atomic E-state index is 0.0232. The molecule has 6 nitrogen and oxygen atoms in total. The van der Waals surface area contributed by atoms with Crippen molar-refractivity contribution in [3.05, 3.63) is 54.2 Å². The van der Waals surface area contributed by atoms with E-state index in [0.29, 0.717) is 19.5 Å². The Kier molecular flexibility index (Phi) is 5.90. The largest absolute Gasteiger partial charge is 0.355 e. The lowest BCUT2D eigenvalue weighted by Gasteiger charge is -2.34. The molecule has 0 atom stereocenters. The minimum Gasteiger partial charge on any atom is -0.355 e. The van der Waals surface area contributed by atoms with E-state index < -0.39 is 0 Å². The highest BCUT2D eigenvalue weighted by molar-refractivity contribution is 5.78. The summed E-state index contributed by atoms with van der Waals surface area (Å²) >= 11 is 0. The van der Waals surface area contributed by atoms with E-state index in [0.717, 1.165) is 37.6 Å². The average molecular weight is 343 g/mol. The van der Waals surface area contributed by atoms with Crippen LogP contribution in [0.4, 0.5) is 10.2 Å². The number of hydrogen-bond acceptors (Lipinski definition) is 5. The second kappa shape index (κ2) is 8.53. The molecule has 1 aromatic carbocycles. The first-order valence-corrected chi connectivity index (χ1v) is 8.45. The summed E-state index contributed by atoms with van der Waals surface area (Å²) in [6, 6.07) is 6.36. The number of piperazine rings is 1. The first-order valence-electron chi connectivity index (χ1n) is 8.45. The molecule has 25 heavy (non-hydrogen) atoms. The fourth-order valence-corrected chi connectivity index (χ4v) is 2.85. The molecule has 0 unspecified atom stereocenters. The fourth-order valence-electron chi connectivity index (χ4n) is 2.85. The third-order valence-corrected chi connectivity index (χ3v) is 4.26. The molecular weight excluding hydrogens is 321 g/mol. The second-order valence-corrected chi connectivity index (χ2v) is 6.05. The SMILES string of the molecule is O=C(CN1CCN(c2cnccn2)CC1)NCCc1ccc(F)cc1. The van der Waals surface area contributed by atoms with Crippen LogP contribution in [0.5, 0.6) is 0 Å². The maximum Gasteiger partial charge on any atom is 0.234 e. The van der Waals surface area contributed by atoms with Crippen LogP contribution in [-0.2, 0) is 11.2 Å². The van der Waals surface area contributed by atoms with Crippen LogP contribution in [0.3, 0.4) is 0 Å². The van der Waals surface area contributed by atoms with Gasteiger partial charge < -0.3 is 10.2 Å². The van der Waals surface area contributed by atoms with E-state index in [4.69, 9.17) is 0 Å². The van der Waals surface area contributed by atoms with Crippen LogP contribution in [0.1, 0.15) is 5.56 Å². The molecule has 1 aliphatic rings. The molecule has 1 aliphatic heterocycles. The van der Waals surface area contributed by atoms with Crippen LogP contribution in [0.15, 0.2) is 42.9 Å². The number of nitrogens with zero attached hydrogens (tertiary/aromatic N) is 4. The summed E-state index contributed by atoms with van der Waals surface area (Å²) in [7, 11) is 0. The van der Waals surface area contributed by atoms with Crippen molar-refractivity contribution >= 4 is 11.7 Å². The van der Waals surface area contributed by atoms with Crippen molar-refractivity contribution in [3.8, 4) is 0 Å². The van der Waals surface area contributed by atoms with Crippen molar-refractivity contribution < 1.29 is 9.18 Å². The zero-order valence-electron chi connectivity index (χ0n) is 14.1. The lowest BCUT2D eigenvalue weighted by molar-refractivity contribution is -0.122. The van der Waals surface area contributed by atoms with E-state index in [1.807, 2.05) is 0 Å². The molecule has 1 N–H and O–H groups in total. The molecule has 2 aromatic rings. The third kappa shape index (κ3) is 5.22. The van der Waals surface area contributed by atoms with Gasteiger partial charge in [0.05, 0.1) is 12.7 Å². The summed E-state index contributed by atoms with van der Waals surface area (Å²) in [6.45, 7) is 4.27. The number of halogens is 1. The number of rotatable bonds is 6. The Labute approximate surface area is 146 Å². The number of amides is 1. The second-order valence-electron chi connectivity index (χ2n) is 6.05. The molecule has 1 fully saturated rings. The van der Waals surface area contributed by atoms with Crippen LogP contribution in [-0.4, -0.2) is 60.0 Å². The molecule has 1 amide bonds. The first-order chi connectivity index (χ1) is 12.2. The summed E-state index contributed by atoms with van der Waals surface area (Å²) in [6.07, 6.45) is 5.82. The van der Waals surface area contributed by atoms with Gasteiger partial charge in [-0.15, -0.1) is 0 Å². The van der Waals surface area contributed by atoms with Crippen molar-refractivity contribution in [2.75, 3.05) is 44.2 Å². The van der Waals surface area contributed by atoms with E-state index in [2.05, 4.69) is 25.1 Å². The molecule has 132 valence electrons. The molecule has 0 saturated carbocycles. The van der Waals surface area contributed by atoms with Gasteiger partial charge in [0.25, 0.3) is 0 Å². The zero-order valence-corrected chi connectivity index (χ0v) is 14.1. The molecule has 0 radical (unpaired) electrons. The van der Waals surface area contributed by atoms with Crippen LogP contribution in [0.25, 0.3) is 0 Å². The number of nitrogens with one attached hydrogen (secondary N) is 1. The molecule has 1 saturated heterocycles. The van der Waals surface area contributed by atoms with Gasteiger partial charge >= 0.3 is 0 Å². The monoisotopic (exact) mass is 343 g/mol. The quantitative estimate of drug-likeness (QED) is 0.851. The van der Waals surface area contributed by atoms with E-state index in [1.165, 1.54) is 12.1 Å². The molecule has 3 rings (SSSR count). The van der Waals surface area contributed by atoms with Gasteiger partial charge in [-0.05, 0) is 24.1 Å². The van der Waals surface area contributed by atoms with Gasteiger partial charge in [-0.25, -0.2) is 9.37 Å². The van der Waals surface area contributed by atoms with Crippen LogP contribution >= 0.6 is 0 Å². The Morgan fingerprint density at radius 2 is 1.88 bits per heavy atom. The van der Waals surface area contributed by atoms with Crippen molar-refractivity contribution in [1.82, 2.24) is 20.2 Å². The molecule has 0 spiro atoms. The van der Waals surface area contributed by atoms with E-state index in [1.54, 1.807) is 30.7 Å². The Morgan fingerprint density at radius 3 is 2.56 bits per heavy atom. The Hall–Kier alpha value is -2.54. The molecule has 0 aliphatic carbocycles. The van der Waals surface area contributed by atoms with Gasteiger partial charge in [0.2, 0.25) is 5.91 Å². The number of anilines is 1. The number of carbonyl (C=O) groups excluding carboxylic acids is 1. The van der Waals surface area contributed by atoms with E-state index in [-0.39, 0.29) is 11.7 Å². The number of aromatic nitrogens is 2. The number of hydrogen-bond donors (Lipinski definition) is 1. The van der Waals surface area contributed by atoms with Crippen molar-refractivity contribution in [2.24, 2.45) is 0 Å². The Balaban J connectivity index is 1.35. The van der Waals surface area contributed by atoms with Gasteiger partial charge in [0.1, 0.15) is 11.6 Å². The highest BCUT2D eigenvalue weighted by Crippen LogP contribution is 2.11. The lowest BCUT2D eigenvalue weighted by Crippen LogP contribution is -2.49. The molecule has 1 aromatic heterocycles. The topological polar surface area (TPSA) is 61.4 Å². The normalized spacial score (nSPS) is 15.2. The van der Waals surface area contributed by atoms with Crippen molar-refractivity contribution in [2.45, 2.75) is 6.42 Å². The minimum atomic E-state index is -0.242. The Bertz CT molecular complexity index is 672. The molecule has 0 bridgehead atoms. The average Bonchev–Trinajstić information content (AvgIpc) is 2.65. The predicted molar refractivity (Wildman–Crippen MR) is 93.8 cm³/mol. The fraction of sp³-hybridized carbons (Fsp3) is 0.389. The highest BCUT2D eigenvalue weighted by Gasteiger charge is 2.19. The van der Waals surface area contributed by atoms with Gasteiger partial charge in [-0.3, -0.25) is 14.7 Å². The first kappa shape index (κ1) is 17.3. The maximum absolute atomic E-state index is 12.8. The summed E-state index contributed by atoms with van der Waals surface area (Å²) in [5.74, 6) is 0.661. The zero-order chi connectivity index (χ0) is 17.5. The van der Waals surface area contributed by atoms with Crippen LogP contribution < -0.4 is 10.2 Å². The highest BCUT2D eigenvalue weighted by atomic mass is 19.1. The third-order valence-electron chi connectivity index (χ3n) is 4.26. The van der Waals surface area contributed by atoms with E-state index >= 15 is 0 Å². The number of carbonyl (C=O) groups is 1. The van der Waals surface area contributed by atoms with Gasteiger partial charge in [-0.1, -0.05) is 12.1 Å². The molecule has 2 heterocycles. The standard InChI is InChI=1S/C18H22FN5O/c19-16-3-1-15(2-4-16)5-6-22-18(25)14-23-9-11-24(12-10-23)17-13-20-7-8-21-17/h1-4,7-8,13H,5-6,9-12,14H2,(H,22,25). The Morgan fingerprint density at radius 1 is 1.12 bits per heavy atom. The molecular formula is C18H22FN5O. The van der Waals surface area contributed by atoms with Crippen molar-refractivity contribution in [1.29, 1.82) is 0 Å². The van der Waals surface area contributed by atoms with E-state index in [9.17, 15) is 9.18 Å². The maximum atomic E-state index is 12.8. The summed E-state index contributed by atoms with van der Waals surface area (Å²) in [4.78, 5) is 24.8. The molecule has 7 heteroatoms. The van der Waals surface area contributed by atoms with Gasteiger partial charge in [-0.2, -0.15) is 0 Å².